The fourth-order valence-electron chi connectivity index (χ4n) is 3.00. The molecular formula is C11H14O4. The lowest BCUT2D eigenvalue weighted by Gasteiger charge is -2.36. The van der Waals surface area contributed by atoms with Crippen LogP contribution in [0, 0.1) is 0 Å². The minimum absolute atomic E-state index is 0.155. The van der Waals surface area contributed by atoms with E-state index in [2.05, 4.69) is 0 Å². The van der Waals surface area contributed by atoms with Crippen LogP contribution in [0.3, 0.4) is 0 Å². The average molecular weight is 210 g/mol. The third-order valence-corrected chi connectivity index (χ3v) is 4.00. The number of hydrogen-bond donors (Lipinski definition) is 0. The number of epoxide rings is 1. The Morgan fingerprint density at radius 1 is 1.27 bits per heavy atom. The highest BCUT2D eigenvalue weighted by Crippen LogP contribution is 2.57. The molecule has 0 bridgehead atoms. The third-order valence-electron chi connectivity index (χ3n) is 4.00. The van der Waals surface area contributed by atoms with Crippen molar-refractivity contribution < 1.29 is 19.1 Å². The van der Waals surface area contributed by atoms with E-state index in [1.165, 1.54) is 0 Å². The molecule has 3 atom stereocenters. The first kappa shape index (κ1) is 9.33. The van der Waals surface area contributed by atoms with E-state index in [9.17, 15) is 9.59 Å². The monoisotopic (exact) mass is 210 g/mol. The van der Waals surface area contributed by atoms with Crippen LogP contribution in [-0.2, 0) is 19.1 Å². The molecule has 0 aromatic heterocycles. The van der Waals surface area contributed by atoms with Crippen molar-refractivity contribution in [3.05, 3.63) is 0 Å². The Bertz CT molecular complexity index is 350. The van der Waals surface area contributed by atoms with Crippen LogP contribution in [-0.4, -0.2) is 29.1 Å². The average Bonchev–Trinajstić information content (AvgIpc) is 2.90. The fraction of sp³-hybridized carbons (Fsp3) is 0.818. The van der Waals surface area contributed by atoms with Gasteiger partial charge in [-0.15, -0.1) is 0 Å². The minimum atomic E-state index is -0.570. The van der Waals surface area contributed by atoms with Crippen LogP contribution in [0.1, 0.15) is 39.0 Å². The van der Waals surface area contributed by atoms with Gasteiger partial charge in [-0.1, -0.05) is 0 Å². The van der Waals surface area contributed by atoms with Crippen molar-refractivity contribution in [3.63, 3.8) is 0 Å². The Morgan fingerprint density at radius 3 is 2.87 bits per heavy atom. The van der Waals surface area contributed by atoms with Gasteiger partial charge in [0, 0.05) is 12.8 Å². The van der Waals surface area contributed by atoms with Crippen molar-refractivity contribution in [2.45, 2.75) is 56.3 Å². The molecule has 1 spiro atoms. The van der Waals surface area contributed by atoms with E-state index >= 15 is 0 Å². The molecule has 3 aliphatic rings. The number of carbonyl (C=O) groups excluding carboxylic acids is 2. The molecule has 82 valence electrons. The van der Waals surface area contributed by atoms with Gasteiger partial charge in [0.15, 0.2) is 5.78 Å². The van der Waals surface area contributed by atoms with Gasteiger partial charge in [-0.05, 0) is 26.2 Å². The van der Waals surface area contributed by atoms with Crippen molar-refractivity contribution in [1.29, 1.82) is 0 Å². The van der Waals surface area contributed by atoms with Gasteiger partial charge >= 0.3 is 5.97 Å². The van der Waals surface area contributed by atoms with Gasteiger partial charge in [0.2, 0.25) is 0 Å². The summed E-state index contributed by atoms with van der Waals surface area (Å²) >= 11 is 0. The lowest BCUT2D eigenvalue weighted by molar-refractivity contribution is -0.165. The van der Waals surface area contributed by atoms with Crippen molar-refractivity contribution in [3.8, 4) is 0 Å². The first-order valence-electron chi connectivity index (χ1n) is 5.50. The first-order valence-corrected chi connectivity index (χ1v) is 5.50. The summed E-state index contributed by atoms with van der Waals surface area (Å²) in [6.45, 7) is 1.91. The maximum absolute atomic E-state index is 11.6. The molecule has 0 aromatic rings. The number of carbonyl (C=O) groups is 2. The van der Waals surface area contributed by atoms with Gasteiger partial charge in [-0.3, -0.25) is 9.59 Å². The summed E-state index contributed by atoms with van der Waals surface area (Å²) in [6.07, 6.45) is 2.75. The molecule has 1 saturated carbocycles. The summed E-state index contributed by atoms with van der Waals surface area (Å²) in [5.41, 5.74) is -1.05. The number of ketones is 1. The Morgan fingerprint density at radius 2 is 2.07 bits per heavy atom. The van der Waals surface area contributed by atoms with Gasteiger partial charge in [0.05, 0.1) is 0 Å². The van der Waals surface area contributed by atoms with Crippen LogP contribution in [0.5, 0.6) is 0 Å². The molecule has 2 saturated heterocycles. The summed E-state index contributed by atoms with van der Waals surface area (Å²) in [7, 11) is 0. The standard InChI is InChI=1S/C11H14O4/c1-10-6-4-7(12)9-11(10,15-9)5-2-3-8(13)14-10/h9H,2-6H2,1H3/t9-,10+,11-/m1/s1. The Labute approximate surface area is 87.9 Å². The number of hydrogen-bond acceptors (Lipinski definition) is 4. The maximum Gasteiger partial charge on any atom is 0.306 e. The zero-order chi connectivity index (χ0) is 10.7. The molecule has 0 N–H and O–H groups in total. The van der Waals surface area contributed by atoms with E-state index in [1.807, 2.05) is 6.92 Å². The van der Waals surface area contributed by atoms with E-state index in [0.29, 0.717) is 19.3 Å². The lowest BCUT2D eigenvalue weighted by atomic mass is 9.73. The molecule has 0 aromatic carbocycles. The molecule has 3 fully saturated rings. The molecule has 4 heteroatoms. The number of rotatable bonds is 0. The summed E-state index contributed by atoms with van der Waals surface area (Å²) < 4.78 is 11.1. The molecule has 0 radical (unpaired) electrons. The van der Waals surface area contributed by atoms with Crippen LogP contribution in [0.15, 0.2) is 0 Å². The predicted octanol–water partition coefficient (Wildman–Crippen LogP) is 0.973. The summed E-state index contributed by atoms with van der Waals surface area (Å²) in [6, 6.07) is 0. The second-order valence-electron chi connectivity index (χ2n) is 4.91. The van der Waals surface area contributed by atoms with Crippen LogP contribution >= 0.6 is 0 Å². The molecular weight excluding hydrogens is 196 g/mol. The van der Waals surface area contributed by atoms with Crippen LogP contribution in [0.4, 0.5) is 0 Å². The summed E-state index contributed by atoms with van der Waals surface area (Å²) in [4.78, 5) is 23.0. The van der Waals surface area contributed by atoms with Gasteiger partial charge in [0.1, 0.15) is 17.3 Å². The van der Waals surface area contributed by atoms with Gasteiger partial charge in [-0.2, -0.15) is 0 Å². The van der Waals surface area contributed by atoms with Gasteiger partial charge in [-0.25, -0.2) is 0 Å². The zero-order valence-corrected chi connectivity index (χ0v) is 8.75. The van der Waals surface area contributed by atoms with E-state index in [1.54, 1.807) is 0 Å². The molecule has 0 unspecified atom stereocenters. The van der Waals surface area contributed by atoms with Crippen LogP contribution < -0.4 is 0 Å². The summed E-state index contributed by atoms with van der Waals surface area (Å²) in [5, 5.41) is 0. The van der Waals surface area contributed by atoms with Crippen LogP contribution in [0.25, 0.3) is 0 Å². The highest BCUT2D eigenvalue weighted by molar-refractivity contribution is 5.89. The Hall–Kier alpha value is -0.900. The Kier molecular flexibility index (Phi) is 1.63. The maximum atomic E-state index is 11.6. The van der Waals surface area contributed by atoms with E-state index in [-0.39, 0.29) is 17.9 Å². The summed E-state index contributed by atoms with van der Waals surface area (Å²) in [5.74, 6) is 0.0170. The van der Waals surface area contributed by atoms with Crippen molar-refractivity contribution in [2.24, 2.45) is 0 Å². The molecule has 3 rings (SSSR count). The third kappa shape index (κ3) is 1.06. The van der Waals surface area contributed by atoms with Gasteiger partial charge < -0.3 is 9.47 Å². The zero-order valence-electron chi connectivity index (χ0n) is 8.75. The molecule has 2 aliphatic heterocycles. The largest absolute Gasteiger partial charge is 0.456 e. The second kappa shape index (κ2) is 2.61. The second-order valence-corrected chi connectivity index (χ2v) is 4.91. The minimum Gasteiger partial charge on any atom is -0.456 e. The molecule has 2 heterocycles. The predicted molar refractivity (Wildman–Crippen MR) is 50.2 cm³/mol. The van der Waals surface area contributed by atoms with E-state index in [4.69, 9.17) is 9.47 Å². The Balaban J connectivity index is 1.97. The number of ether oxygens (including phenoxy) is 2. The smallest absolute Gasteiger partial charge is 0.306 e. The molecule has 0 amide bonds. The normalized spacial score (nSPS) is 48.7. The van der Waals surface area contributed by atoms with Crippen molar-refractivity contribution >= 4 is 11.8 Å². The number of esters is 1. The van der Waals surface area contributed by atoms with E-state index in [0.717, 1.165) is 12.8 Å². The number of Topliss-reactive ketones (excluding diaryl/α,β-unsaturated/α-hetero) is 1. The molecule has 15 heavy (non-hydrogen) atoms. The quantitative estimate of drug-likeness (QED) is 0.441. The highest BCUT2D eigenvalue weighted by Gasteiger charge is 2.73. The molecule has 1 aliphatic carbocycles. The van der Waals surface area contributed by atoms with Gasteiger partial charge in [0.25, 0.3) is 0 Å². The SMILES string of the molecule is C[C@]12CCC(=O)[C@H]3O[C@]31CCCC(=O)O2. The van der Waals surface area contributed by atoms with Crippen molar-refractivity contribution in [1.82, 2.24) is 0 Å². The lowest BCUT2D eigenvalue weighted by Crippen LogP contribution is -2.51. The molecule has 4 nitrogen and oxygen atoms in total. The van der Waals surface area contributed by atoms with E-state index < -0.39 is 11.2 Å². The topological polar surface area (TPSA) is 55.9 Å². The van der Waals surface area contributed by atoms with Crippen molar-refractivity contribution in [2.75, 3.05) is 0 Å². The van der Waals surface area contributed by atoms with Crippen LogP contribution in [0.2, 0.25) is 0 Å². The fourth-order valence-corrected chi connectivity index (χ4v) is 3.00. The first-order chi connectivity index (χ1) is 7.07. The highest BCUT2D eigenvalue weighted by atomic mass is 16.7.